The van der Waals surface area contributed by atoms with Gasteiger partial charge in [-0.2, -0.15) is 0 Å². The minimum atomic E-state index is -0.241. The van der Waals surface area contributed by atoms with E-state index in [-0.39, 0.29) is 29.3 Å². The van der Waals surface area contributed by atoms with Gasteiger partial charge in [0, 0.05) is 74.7 Å². The molecule has 4 atom stereocenters. The Morgan fingerprint density at radius 3 is 2.60 bits per heavy atom. The molecule has 2 fully saturated rings. The Kier molecular flexibility index (Phi) is 8.26. The van der Waals surface area contributed by atoms with Crippen LogP contribution in [0.4, 0.5) is 4.39 Å². The number of hydrogen-bond acceptors (Lipinski definition) is 6. The number of carbonyl (C=O) groups excluding carboxylic acids is 1. The lowest BCUT2D eigenvalue weighted by atomic mass is 9.87. The summed E-state index contributed by atoms with van der Waals surface area (Å²) in [6.07, 6.45) is 3.01. The van der Waals surface area contributed by atoms with Gasteiger partial charge in [-0.1, -0.05) is 32.6 Å². The van der Waals surface area contributed by atoms with Crippen molar-refractivity contribution < 1.29 is 13.9 Å². The maximum absolute atomic E-state index is 14.1. The number of rotatable bonds is 6. The Labute approximate surface area is 239 Å². The van der Waals surface area contributed by atoms with Crippen molar-refractivity contribution in [3.8, 4) is 0 Å². The van der Waals surface area contributed by atoms with Crippen molar-refractivity contribution in [2.24, 2.45) is 5.41 Å². The molecule has 4 heterocycles. The molecule has 7 nitrogen and oxygen atoms in total. The van der Waals surface area contributed by atoms with Crippen LogP contribution in [-0.2, 0) is 16.0 Å². The van der Waals surface area contributed by atoms with Gasteiger partial charge in [-0.25, -0.2) is 4.39 Å². The largest absolute Gasteiger partial charge is 0.376 e. The minimum absolute atomic E-state index is 0.138. The monoisotopic (exact) mass is 551 g/mol. The number of carbonyl (C=O) groups is 1. The Hall–Kier alpha value is -2.52. The molecule has 40 heavy (non-hydrogen) atoms. The summed E-state index contributed by atoms with van der Waals surface area (Å²) in [6, 6.07) is 7.58. The normalized spacial score (nSPS) is 29.6. The molecule has 0 unspecified atom stereocenters. The second-order valence-electron chi connectivity index (χ2n) is 12.9. The third kappa shape index (κ3) is 5.91. The van der Waals surface area contributed by atoms with E-state index >= 15 is 0 Å². The highest BCUT2D eigenvalue weighted by Gasteiger charge is 2.44. The molecule has 1 aromatic rings. The number of nitrogens with zero attached hydrogens (tertiary/aromatic N) is 4. The Morgan fingerprint density at radius 1 is 1.15 bits per heavy atom. The van der Waals surface area contributed by atoms with Gasteiger partial charge in [0.2, 0.25) is 5.91 Å². The zero-order chi connectivity index (χ0) is 28.8. The average molecular weight is 552 g/mol. The lowest BCUT2D eigenvalue weighted by molar-refractivity contribution is -0.132. The van der Waals surface area contributed by atoms with Gasteiger partial charge in [0.1, 0.15) is 5.82 Å². The zero-order valence-corrected chi connectivity index (χ0v) is 25.0. The van der Waals surface area contributed by atoms with E-state index in [0.29, 0.717) is 31.6 Å². The van der Waals surface area contributed by atoms with Crippen molar-refractivity contribution in [3.63, 3.8) is 0 Å². The highest BCUT2D eigenvalue weighted by Crippen LogP contribution is 2.46. The van der Waals surface area contributed by atoms with E-state index in [1.165, 1.54) is 12.1 Å². The van der Waals surface area contributed by atoms with Gasteiger partial charge in [0.05, 0.1) is 25.0 Å². The summed E-state index contributed by atoms with van der Waals surface area (Å²) >= 11 is 0. The molecule has 0 aliphatic carbocycles. The SMILES string of the molecule is C=C1C(Cc2ccc(F)cc2)=CC2=C(N1C)C(C)(C)CN2C(=O)CN1C[C@@H](C)NC[C@@H]1CN1C[C@H](C)OC[C@H]1C. The molecule has 5 rings (SSSR count). The lowest BCUT2D eigenvalue weighted by Gasteiger charge is -2.44. The standard InChI is InChI=1S/C32H46FN5O2/c1-21-15-37(28(14-34-21)17-36-16-23(3)40-19-22(36)2)18-30(39)38-20-32(5,6)31-29(38)13-26(24(4)35(31)7)12-25-8-10-27(33)11-9-25/h8-11,13,21-23,28,34H,4,12,14-20H2,1-3,5-7H3/t21-,22-,23+,28-/m1/s1. The van der Waals surface area contributed by atoms with E-state index in [1.54, 1.807) is 0 Å². The number of likely N-dealkylation sites (N-methyl/N-ethyl adjacent to an activating group) is 1. The molecular weight excluding hydrogens is 505 g/mol. The third-order valence-electron chi connectivity index (χ3n) is 9.01. The first-order valence-electron chi connectivity index (χ1n) is 14.7. The Bertz CT molecular complexity index is 1190. The van der Waals surface area contributed by atoms with E-state index in [2.05, 4.69) is 67.3 Å². The fourth-order valence-electron chi connectivity index (χ4n) is 6.76. The highest BCUT2D eigenvalue weighted by molar-refractivity contribution is 5.82. The summed E-state index contributed by atoms with van der Waals surface area (Å²) in [4.78, 5) is 23.1. The predicted octanol–water partition coefficient (Wildman–Crippen LogP) is 3.61. The second-order valence-corrected chi connectivity index (χ2v) is 12.9. The summed E-state index contributed by atoms with van der Waals surface area (Å²) in [6.45, 7) is 20.7. The topological polar surface area (TPSA) is 51.3 Å². The number of hydrogen-bond donors (Lipinski definition) is 1. The van der Waals surface area contributed by atoms with Crippen LogP contribution in [0.2, 0.25) is 0 Å². The number of ether oxygens (including phenoxy) is 1. The molecular formula is C32H46FN5O2. The van der Waals surface area contributed by atoms with Crippen molar-refractivity contribution in [1.29, 1.82) is 0 Å². The number of nitrogens with one attached hydrogen (secondary N) is 1. The van der Waals surface area contributed by atoms with E-state index < -0.39 is 0 Å². The summed E-state index contributed by atoms with van der Waals surface area (Å²) in [5.41, 5.74) is 4.90. The van der Waals surface area contributed by atoms with Gasteiger partial charge in [-0.05, 0) is 56.5 Å². The van der Waals surface area contributed by atoms with E-state index in [1.807, 2.05) is 24.1 Å². The van der Waals surface area contributed by atoms with E-state index in [4.69, 9.17) is 4.74 Å². The van der Waals surface area contributed by atoms with Crippen LogP contribution in [0.5, 0.6) is 0 Å². The van der Waals surface area contributed by atoms with Crippen LogP contribution in [0.3, 0.4) is 0 Å². The Morgan fingerprint density at radius 2 is 1.88 bits per heavy atom. The second kappa shape index (κ2) is 11.4. The fraction of sp³-hybridized carbons (Fsp3) is 0.594. The van der Waals surface area contributed by atoms with Crippen LogP contribution >= 0.6 is 0 Å². The fourth-order valence-corrected chi connectivity index (χ4v) is 6.76. The molecule has 8 heteroatoms. The highest BCUT2D eigenvalue weighted by atomic mass is 19.1. The summed E-state index contributed by atoms with van der Waals surface area (Å²) < 4.78 is 19.4. The molecule has 1 amide bonds. The number of benzene rings is 1. The first-order chi connectivity index (χ1) is 18.9. The molecule has 4 aliphatic rings. The number of piperazine rings is 1. The van der Waals surface area contributed by atoms with Crippen LogP contribution < -0.4 is 5.32 Å². The van der Waals surface area contributed by atoms with Crippen molar-refractivity contribution in [1.82, 2.24) is 24.9 Å². The van der Waals surface area contributed by atoms with Crippen molar-refractivity contribution in [2.75, 3.05) is 52.9 Å². The molecule has 0 aromatic heterocycles. The van der Waals surface area contributed by atoms with Gasteiger partial charge < -0.3 is 19.9 Å². The quantitative estimate of drug-likeness (QED) is 0.583. The number of amides is 1. The van der Waals surface area contributed by atoms with Crippen LogP contribution in [0.25, 0.3) is 0 Å². The van der Waals surface area contributed by atoms with Gasteiger partial charge in [-0.15, -0.1) is 0 Å². The van der Waals surface area contributed by atoms with Crippen molar-refractivity contribution in [2.45, 2.75) is 65.3 Å². The molecule has 0 saturated carbocycles. The van der Waals surface area contributed by atoms with Crippen LogP contribution in [0, 0.1) is 11.2 Å². The first kappa shape index (κ1) is 29.0. The van der Waals surface area contributed by atoms with Crippen LogP contribution in [-0.4, -0.2) is 103 Å². The molecule has 0 radical (unpaired) electrons. The molecule has 4 aliphatic heterocycles. The Balaban J connectivity index is 1.36. The average Bonchev–Trinajstić information content (AvgIpc) is 3.17. The molecule has 1 N–H and O–H groups in total. The van der Waals surface area contributed by atoms with Crippen LogP contribution in [0.1, 0.15) is 40.2 Å². The summed E-state index contributed by atoms with van der Waals surface area (Å²) in [5.74, 6) is -0.103. The molecule has 0 spiro atoms. The van der Waals surface area contributed by atoms with Crippen LogP contribution in [0.15, 0.2) is 59.6 Å². The smallest absolute Gasteiger partial charge is 0.241 e. The molecule has 2 saturated heterocycles. The summed E-state index contributed by atoms with van der Waals surface area (Å²) in [7, 11) is 2.05. The number of morpholine rings is 1. The van der Waals surface area contributed by atoms with E-state index in [9.17, 15) is 9.18 Å². The van der Waals surface area contributed by atoms with Gasteiger partial charge in [0.25, 0.3) is 0 Å². The maximum atomic E-state index is 14.1. The summed E-state index contributed by atoms with van der Waals surface area (Å²) in [5, 5.41) is 3.64. The number of halogens is 1. The number of allylic oxidation sites excluding steroid dienone is 2. The maximum Gasteiger partial charge on any atom is 0.241 e. The molecule has 1 aromatic carbocycles. The zero-order valence-electron chi connectivity index (χ0n) is 25.0. The predicted molar refractivity (Wildman–Crippen MR) is 157 cm³/mol. The lowest BCUT2D eigenvalue weighted by Crippen LogP contribution is -2.62. The molecule has 0 bridgehead atoms. The minimum Gasteiger partial charge on any atom is -0.376 e. The van der Waals surface area contributed by atoms with Gasteiger partial charge in [-0.3, -0.25) is 14.6 Å². The van der Waals surface area contributed by atoms with Crippen molar-refractivity contribution in [3.05, 3.63) is 71.0 Å². The van der Waals surface area contributed by atoms with Gasteiger partial charge >= 0.3 is 0 Å². The third-order valence-corrected chi connectivity index (χ3v) is 9.01. The first-order valence-corrected chi connectivity index (χ1v) is 14.7. The molecule has 218 valence electrons. The van der Waals surface area contributed by atoms with Gasteiger partial charge in [0.15, 0.2) is 0 Å². The van der Waals surface area contributed by atoms with E-state index in [0.717, 1.165) is 61.0 Å². The van der Waals surface area contributed by atoms with Crippen molar-refractivity contribution >= 4 is 5.91 Å².